The zero-order chi connectivity index (χ0) is 16.1. The predicted octanol–water partition coefficient (Wildman–Crippen LogP) is 2.10. The third-order valence-electron chi connectivity index (χ3n) is 4.97. The number of benzene rings is 1. The zero-order valence-corrected chi connectivity index (χ0v) is 16.1. The molecule has 3 rings (SSSR count). The Labute approximate surface area is 162 Å². The lowest BCUT2D eigenvalue weighted by atomic mass is 9.95. The van der Waals surface area contributed by atoms with E-state index in [2.05, 4.69) is 4.90 Å². The summed E-state index contributed by atoms with van der Waals surface area (Å²) in [6.07, 6.45) is 2.15. The van der Waals surface area contributed by atoms with Gasteiger partial charge in [-0.15, -0.1) is 24.8 Å². The van der Waals surface area contributed by atoms with Crippen molar-refractivity contribution in [1.29, 1.82) is 0 Å². The van der Waals surface area contributed by atoms with Crippen LogP contribution in [-0.4, -0.2) is 61.6 Å². The summed E-state index contributed by atoms with van der Waals surface area (Å²) in [5.74, 6) is 0.742. The van der Waals surface area contributed by atoms with Gasteiger partial charge in [-0.25, -0.2) is 0 Å². The lowest BCUT2D eigenvalue weighted by Gasteiger charge is -2.36. The van der Waals surface area contributed by atoms with Crippen molar-refractivity contribution in [2.45, 2.75) is 18.9 Å². The highest BCUT2D eigenvalue weighted by molar-refractivity contribution is 5.85. The number of halogens is 2. The van der Waals surface area contributed by atoms with Crippen LogP contribution >= 0.6 is 24.8 Å². The van der Waals surface area contributed by atoms with E-state index in [1.807, 2.05) is 35.2 Å². The van der Waals surface area contributed by atoms with Crippen LogP contribution in [0.2, 0.25) is 0 Å². The number of morpholine rings is 1. The number of ether oxygens (including phenoxy) is 1. The molecule has 2 saturated heterocycles. The SMILES string of the molecule is Cl.Cl.NC(C(=O)N1CCC(CN2CCOCC2)CC1)c1ccccc1. The summed E-state index contributed by atoms with van der Waals surface area (Å²) in [5.41, 5.74) is 7.04. The summed E-state index contributed by atoms with van der Waals surface area (Å²) in [4.78, 5) is 17.0. The van der Waals surface area contributed by atoms with Crippen LogP contribution in [0, 0.1) is 5.92 Å². The van der Waals surface area contributed by atoms with Gasteiger partial charge in [0.15, 0.2) is 0 Å². The number of carbonyl (C=O) groups excluding carboxylic acids is 1. The summed E-state index contributed by atoms with van der Waals surface area (Å²) in [5, 5.41) is 0. The summed E-state index contributed by atoms with van der Waals surface area (Å²) in [7, 11) is 0. The average Bonchev–Trinajstić information content (AvgIpc) is 2.63. The molecule has 142 valence electrons. The van der Waals surface area contributed by atoms with Gasteiger partial charge in [0.25, 0.3) is 0 Å². The van der Waals surface area contributed by atoms with E-state index < -0.39 is 6.04 Å². The van der Waals surface area contributed by atoms with E-state index in [9.17, 15) is 4.79 Å². The van der Waals surface area contributed by atoms with Crippen molar-refractivity contribution in [1.82, 2.24) is 9.80 Å². The van der Waals surface area contributed by atoms with Crippen molar-refractivity contribution in [3.8, 4) is 0 Å². The van der Waals surface area contributed by atoms with Gasteiger partial charge in [0.05, 0.1) is 13.2 Å². The number of piperidine rings is 1. The van der Waals surface area contributed by atoms with Crippen LogP contribution < -0.4 is 5.73 Å². The standard InChI is InChI=1S/C18H27N3O2.2ClH/c19-17(16-4-2-1-3-5-16)18(22)21-8-6-15(7-9-21)14-20-10-12-23-13-11-20;;/h1-5,15,17H,6-14,19H2;2*1H. The van der Waals surface area contributed by atoms with Gasteiger partial charge >= 0.3 is 0 Å². The van der Waals surface area contributed by atoms with Gasteiger partial charge in [0.1, 0.15) is 6.04 Å². The minimum absolute atomic E-state index is 0. The molecule has 2 aliphatic rings. The molecule has 1 atom stereocenters. The maximum Gasteiger partial charge on any atom is 0.244 e. The molecule has 2 N–H and O–H groups in total. The van der Waals surface area contributed by atoms with E-state index in [1.165, 1.54) is 0 Å². The van der Waals surface area contributed by atoms with Crippen LogP contribution in [0.15, 0.2) is 30.3 Å². The second-order valence-corrected chi connectivity index (χ2v) is 6.57. The highest BCUT2D eigenvalue weighted by Crippen LogP contribution is 2.22. The molecular formula is C18H29Cl2N3O2. The predicted molar refractivity (Wildman–Crippen MR) is 104 cm³/mol. The first-order valence-corrected chi connectivity index (χ1v) is 8.63. The minimum atomic E-state index is -0.535. The molecule has 0 aliphatic carbocycles. The quantitative estimate of drug-likeness (QED) is 0.856. The Hall–Kier alpha value is -0.850. The number of hydrogen-bond donors (Lipinski definition) is 1. The van der Waals surface area contributed by atoms with Gasteiger partial charge in [0.2, 0.25) is 5.91 Å². The minimum Gasteiger partial charge on any atom is -0.379 e. The number of carbonyl (C=O) groups is 1. The van der Waals surface area contributed by atoms with Crippen molar-refractivity contribution >= 4 is 30.7 Å². The van der Waals surface area contributed by atoms with E-state index in [4.69, 9.17) is 10.5 Å². The number of rotatable bonds is 4. The molecule has 0 bridgehead atoms. The van der Waals surface area contributed by atoms with E-state index in [0.29, 0.717) is 5.92 Å². The van der Waals surface area contributed by atoms with Crippen molar-refractivity contribution in [3.63, 3.8) is 0 Å². The van der Waals surface area contributed by atoms with Crippen LogP contribution in [0.4, 0.5) is 0 Å². The van der Waals surface area contributed by atoms with Crippen LogP contribution in [0.25, 0.3) is 0 Å². The lowest BCUT2D eigenvalue weighted by Crippen LogP contribution is -2.46. The Morgan fingerprint density at radius 2 is 1.68 bits per heavy atom. The van der Waals surface area contributed by atoms with Crippen LogP contribution in [0.5, 0.6) is 0 Å². The highest BCUT2D eigenvalue weighted by Gasteiger charge is 2.28. The fraction of sp³-hybridized carbons (Fsp3) is 0.611. The van der Waals surface area contributed by atoms with E-state index in [-0.39, 0.29) is 30.7 Å². The average molecular weight is 390 g/mol. The molecule has 0 radical (unpaired) electrons. The van der Waals surface area contributed by atoms with Gasteiger partial charge in [0, 0.05) is 32.7 Å². The van der Waals surface area contributed by atoms with Gasteiger partial charge in [-0.3, -0.25) is 9.69 Å². The topological polar surface area (TPSA) is 58.8 Å². The molecule has 1 unspecified atom stereocenters. The molecule has 1 aromatic carbocycles. The molecular weight excluding hydrogens is 361 g/mol. The van der Waals surface area contributed by atoms with Crippen LogP contribution in [0.3, 0.4) is 0 Å². The normalized spacial score (nSPS) is 20.3. The van der Waals surface area contributed by atoms with Crippen molar-refractivity contribution < 1.29 is 9.53 Å². The largest absolute Gasteiger partial charge is 0.379 e. The summed E-state index contributed by atoms with van der Waals surface area (Å²) in [6, 6.07) is 9.11. The molecule has 7 heteroatoms. The van der Waals surface area contributed by atoms with Gasteiger partial charge in [-0.1, -0.05) is 30.3 Å². The van der Waals surface area contributed by atoms with E-state index in [0.717, 1.165) is 64.3 Å². The molecule has 0 spiro atoms. The summed E-state index contributed by atoms with van der Waals surface area (Å²) >= 11 is 0. The van der Waals surface area contributed by atoms with Crippen molar-refractivity contribution in [2.75, 3.05) is 45.9 Å². The maximum absolute atomic E-state index is 12.6. The van der Waals surface area contributed by atoms with Gasteiger partial charge < -0.3 is 15.4 Å². The Kier molecular flexibility index (Phi) is 9.75. The molecule has 2 heterocycles. The second-order valence-electron chi connectivity index (χ2n) is 6.57. The first kappa shape index (κ1) is 22.2. The Bertz CT molecular complexity index is 504. The zero-order valence-electron chi connectivity index (χ0n) is 14.5. The molecule has 25 heavy (non-hydrogen) atoms. The molecule has 2 aliphatic heterocycles. The Balaban J connectivity index is 0.00000156. The molecule has 5 nitrogen and oxygen atoms in total. The molecule has 0 aromatic heterocycles. The lowest BCUT2D eigenvalue weighted by molar-refractivity contribution is -0.134. The Morgan fingerprint density at radius 3 is 2.28 bits per heavy atom. The number of nitrogens with zero attached hydrogens (tertiary/aromatic N) is 2. The Morgan fingerprint density at radius 1 is 1.08 bits per heavy atom. The van der Waals surface area contributed by atoms with E-state index in [1.54, 1.807) is 0 Å². The smallest absolute Gasteiger partial charge is 0.244 e. The maximum atomic E-state index is 12.6. The third kappa shape index (κ3) is 6.12. The van der Waals surface area contributed by atoms with Gasteiger partial charge in [-0.05, 0) is 24.3 Å². The molecule has 1 aromatic rings. The van der Waals surface area contributed by atoms with Crippen molar-refractivity contribution in [3.05, 3.63) is 35.9 Å². The summed E-state index contributed by atoms with van der Waals surface area (Å²) < 4.78 is 5.40. The van der Waals surface area contributed by atoms with Crippen LogP contribution in [-0.2, 0) is 9.53 Å². The fourth-order valence-electron chi connectivity index (χ4n) is 3.48. The third-order valence-corrected chi connectivity index (χ3v) is 4.97. The van der Waals surface area contributed by atoms with Crippen molar-refractivity contribution in [2.24, 2.45) is 11.7 Å². The van der Waals surface area contributed by atoms with Crippen LogP contribution in [0.1, 0.15) is 24.4 Å². The number of likely N-dealkylation sites (tertiary alicyclic amines) is 1. The second kappa shape index (κ2) is 11.0. The monoisotopic (exact) mass is 389 g/mol. The van der Waals surface area contributed by atoms with E-state index >= 15 is 0 Å². The van der Waals surface area contributed by atoms with Gasteiger partial charge in [-0.2, -0.15) is 0 Å². The first-order valence-electron chi connectivity index (χ1n) is 8.63. The number of hydrogen-bond acceptors (Lipinski definition) is 4. The molecule has 2 fully saturated rings. The molecule has 0 saturated carbocycles. The summed E-state index contributed by atoms with van der Waals surface area (Å²) in [6.45, 7) is 6.57. The first-order chi connectivity index (χ1) is 11.2. The number of amides is 1. The fourth-order valence-corrected chi connectivity index (χ4v) is 3.48. The number of nitrogens with two attached hydrogens (primary N) is 1. The highest BCUT2D eigenvalue weighted by atomic mass is 35.5. The molecule has 1 amide bonds.